The summed E-state index contributed by atoms with van der Waals surface area (Å²) in [6, 6.07) is -0.757. The number of ether oxygens (including phenoxy) is 3. The van der Waals surface area contributed by atoms with Crippen LogP contribution in [0.1, 0.15) is 129 Å². The van der Waals surface area contributed by atoms with Gasteiger partial charge in [0.15, 0.2) is 6.10 Å². The van der Waals surface area contributed by atoms with Crippen molar-refractivity contribution in [1.29, 1.82) is 0 Å². The number of carbonyl (C=O) groups excluding carboxylic acids is 3. The second-order valence-corrected chi connectivity index (χ2v) is 15.9. The highest BCUT2D eigenvalue weighted by molar-refractivity contribution is 5.70. The Bertz CT molecular complexity index is 1530. The number of carbonyl (C=O) groups is 3. The van der Waals surface area contributed by atoms with Crippen molar-refractivity contribution in [2.45, 2.75) is 142 Å². The van der Waals surface area contributed by atoms with Crippen molar-refractivity contribution in [2.75, 3.05) is 41.0 Å². The maximum absolute atomic E-state index is 12.7. The second-order valence-electron chi connectivity index (χ2n) is 15.9. The fraction of sp³-hybridized carbons (Fsp3) is 0.509. The summed E-state index contributed by atoms with van der Waals surface area (Å²) in [4.78, 5) is 36.9. The fourth-order valence-electron chi connectivity index (χ4n) is 5.69. The molecule has 0 aliphatic rings. The Morgan fingerprint density at radius 2 is 0.841 bits per heavy atom. The Labute approximate surface area is 383 Å². The molecule has 0 amide bonds. The maximum Gasteiger partial charge on any atom is 0.306 e. The Balaban J connectivity index is 4.54. The number of esters is 2. The molecule has 63 heavy (non-hydrogen) atoms. The summed E-state index contributed by atoms with van der Waals surface area (Å²) < 4.78 is 17.0. The number of nitrogens with zero attached hydrogens (tertiary/aromatic N) is 1. The van der Waals surface area contributed by atoms with Crippen molar-refractivity contribution in [3.05, 3.63) is 146 Å². The Morgan fingerprint density at radius 3 is 1.21 bits per heavy atom. The van der Waals surface area contributed by atoms with E-state index >= 15 is 0 Å². The molecule has 0 aromatic carbocycles. The number of aliphatic carboxylic acids is 1. The van der Waals surface area contributed by atoms with Crippen LogP contribution in [0, 0.1) is 0 Å². The van der Waals surface area contributed by atoms with Gasteiger partial charge in [0.2, 0.25) is 0 Å². The quantitative estimate of drug-likeness (QED) is 0.0262. The standard InChI is InChI=1S/C55H83NO7/c1-6-8-10-12-14-16-18-20-22-24-25-26-27-28-29-30-32-33-35-37-39-41-43-45-53(57)62-50-51(49-61-48-47-52(55(59)60)56(3,4)5)63-54(58)46-44-42-40-38-36-34-31-23-21-19-17-15-13-11-9-7-2/h8-11,14-17,20-23,25-26,28-29,32-34,36-37,39-40,42,51-52H,6-7,12-13,18-19,24,27,30-31,35,38,41,43-50H2,1-5H3/b10-8+,11-9+,16-14+,17-15+,22-20+,23-21+,26-25+,29-28+,33-32+,36-34+,39-37+,42-40+. The van der Waals surface area contributed by atoms with Crippen molar-refractivity contribution >= 4 is 17.9 Å². The molecular formula is C55H83NO7. The van der Waals surface area contributed by atoms with Crippen molar-refractivity contribution < 1.29 is 38.2 Å². The molecule has 0 N–H and O–H groups in total. The van der Waals surface area contributed by atoms with Crippen LogP contribution in [0.5, 0.6) is 0 Å². The van der Waals surface area contributed by atoms with Crippen molar-refractivity contribution in [1.82, 2.24) is 0 Å². The van der Waals surface area contributed by atoms with E-state index in [0.717, 1.165) is 83.5 Å². The summed E-state index contributed by atoms with van der Waals surface area (Å²) in [6.07, 6.45) is 64.7. The zero-order valence-electron chi connectivity index (χ0n) is 39.7. The van der Waals surface area contributed by atoms with Gasteiger partial charge >= 0.3 is 11.9 Å². The Hall–Kier alpha value is -4.79. The first-order valence-corrected chi connectivity index (χ1v) is 23.4. The molecule has 0 radical (unpaired) electrons. The molecule has 0 saturated heterocycles. The predicted molar refractivity (Wildman–Crippen MR) is 263 cm³/mol. The lowest BCUT2D eigenvalue weighted by Gasteiger charge is -2.34. The second kappa shape index (κ2) is 43.8. The van der Waals surface area contributed by atoms with Gasteiger partial charge in [0, 0.05) is 19.3 Å². The van der Waals surface area contributed by atoms with Gasteiger partial charge in [-0.25, -0.2) is 0 Å². The number of carboxylic acids is 1. The van der Waals surface area contributed by atoms with Crippen LogP contribution in [0.2, 0.25) is 0 Å². The molecule has 0 bridgehead atoms. The number of carboxylic acid groups (broad SMARTS) is 1. The van der Waals surface area contributed by atoms with Crippen LogP contribution in [0.25, 0.3) is 0 Å². The molecule has 0 spiro atoms. The van der Waals surface area contributed by atoms with Gasteiger partial charge in [-0.3, -0.25) is 9.59 Å². The van der Waals surface area contributed by atoms with E-state index in [4.69, 9.17) is 14.2 Å². The molecule has 0 rings (SSSR count). The van der Waals surface area contributed by atoms with Crippen LogP contribution in [0.3, 0.4) is 0 Å². The Morgan fingerprint density at radius 1 is 0.476 bits per heavy atom. The zero-order valence-corrected chi connectivity index (χ0v) is 39.7. The minimum Gasteiger partial charge on any atom is -0.544 e. The molecule has 0 aromatic rings. The van der Waals surface area contributed by atoms with Gasteiger partial charge in [0.1, 0.15) is 12.6 Å². The average Bonchev–Trinajstić information content (AvgIpc) is 3.24. The molecule has 2 atom stereocenters. The number of rotatable bonds is 39. The van der Waals surface area contributed by atoms with Crippen LogP contribution in [-0.2, 0) is 28.6 Å². The van der Waals surface area contributed by atoms with Gasteiger partial charge in [-0.05, 0) is 96.3 Å². The summed E-state index contributed by atoms with van der Waals surface area (Å²) >= 11 is 0. The van der Waals surface area contributed by atoms with Crippen molar-refractivity contribution in [3.63, 3.8) is 0 Å². The van der Waals surface area contributed by atoms with Gasteiger partial charge in [-0.2, -0.15) is 0 Å². The van der Waals surface area contributed by atoms with Crippen LogP contribution < -0.4 is 5.11 Å². The van der Waals surface area contributed by atoms with Crippen LogP contribution in [0.4, 0.5) is 0 Å². The van der Waals surface area contributed by atoms with E-state index in [1.807, 2.05) is 12.2 Å². The summed E-state index contributed by atoms with van der Waals surface area (Å²) in [7, 11) is 5.35. The monoisotopic (exact) mass is 870 g/mol. The van der Waals surface area contributed by atoms with E-state index in [2.05, 4.69) is 148 Å². The largest absolute Gasteiger partial charge is 0.544 e. The number of quaternary nitrogens is 1. The van der Waals surface area contributed by atoms with Gasteiger partial charge in [-0.15, -0.1) is 0 Å². The average molecular weight is 870 g/mol. The SMILES string of the molecule is CC/C=C/C/C=C/C/C=C/C/C=C/C/C=C/C/C=C/C/C=C/CCCC(=O)OCC(COCCC(C(=O)[O-])[N+](C)(C)C)OC(=O)CC/C=C/C/C=C/C/C=C/C/C=C/C/C=C/CC. The van der Waals surface area contributed by atoms with E-state index in [1.54, 1.807) is 21.1 Å². The molecule has 0 aromatic heterocycles. The molecule has 0 aliphatic heterocycles. The molecule has 8 heteroatoms. The molecule has 8 nitrogen and oxygen atoms in total. The molecule has 0 saturated carbocycles. The van der Waals surface area contributed by atoms with Gasteiger partial charge in [0.05, 0.1) is 40.3 Å². The van der Waals surface area contributed by atoms with Crippen LogP contribution in [-0.4, -0.2) is 75.5 Å². The first-order chi connectivity index (χ1) is 30.6. The maximum atomic E-state index is 12.7. The molecule has 0 aliphatic carbocycles. The number of likely N-dealkylation sites (N-methyl/N-ethyl adjacent to an activating group) is 1. The van der Waals surface area contributed by atoms with Crippen LogP contribution in [0.15, 0.2) is 146 Å². The zero-order chi connectivity index (χ0) is 46.3. The Kier molecular flexibility index (Phi) is 40.5. The number of allylic oxidation sites excluding steroid dienone is 24. The highest BCUT2D eigenvalue weighted by Crippen LogP contribution is 2.10. The fourth-order valence-corrected chi connectivity index (χ4v) is 5.69. The minimum absolute atomic E-state index is 0.0189. The van der Waals surface area contributed by atoms with Gasteiger partial charge < -0.3 is 28.6 Å². The summed E-state index contributed by atoms with van der Waals surface area (Å²) in [6.45, 7) is 4.25. The number of hydrogen-bond donors (Lipinski definition) is 0. The van der Waals surface area contributed by atoms with E-state index in [9.17, 15) is 19.5 Å². The van der Waals surface area contributed by atoms with E-state index < -0.39 is 24.1 Å². The summed E-state index contributed by atoms with van der Waals surface area (Å²) in [5.74, 6) is -1.94. The lowest BCUT2D eigenvalue weighted by Crippen LogP contribution is -2.55. The molecular weight excluding hydrogens is 787 g/mol. The normalized spacial score (nSPS) is 14.2. The third-order valence-electron chi connectivity index (χ3n) is 9.23. The first kappa shape index (κ1) is 58.2. The topological polar surface area (TPSA) is 102 Å². The summed E-state index contributed by atoms with van der Waals surface area (Å²) in [5, 5.41) is 11.6. The third kappa shape index (κ3) is 42.3. The van der Waals surface area contributed by atoms with Crippen molar-refractivity contribution in [2.24, 2.45) is 0 Å². The molecule has 0 heterocycles. The lowest BCUT2D eigenvalue weighted by atomic mass is 10.1. The van der Waals surface area contributed by atoms with E-state index in [0.29, 0.717) is 12.8 Å². The highest BCUT2D eigenvalue weighted by atomic mass is 16.6. The van der Waals surface area contributed by atoms with Crippen molar-refractivity contribution in [3.8, 4) is 0 Å². The van der Waals surface area contributed by atoms with E-state index in [-0.39, 0.29) is 49.5 Å². The minimum atomic E-state index is -1.15. The lowest BCUT2D eigenvalue weighted by molar-refractivity contribution is -0.889. The van der Waals surface area contributed by atoms with Gasteiger partial charge in [0.25, 0.3) is 0 Å². The summed E-state index contributed by atoms with van der Waals surface area (Å²) in [5.41, 5.74) is 0. The smallest absolute Gasteiger partial charge is 0.306 e. The molecule has 2 unspecified atom stereocenters. The predicted octanol–water partition coefficient (Wildman–Crippen LogP) is 12.0. The number of hydrogen-bond acceptors (Lipinski definition) is 7. The first-order valence-electron chi connectivity index (χ1n) is 23.4. The highest BCUT2D eigenvalue weighted by Gasteiger charge is 2.25. The molecule has 0 fully saturated rings. The number of unbranched alkanes of at least 4 members (excludes halogenated alkanes) is 1. The van der Waals surface area contributed by atoms with Crippen LogP contribution >= 0.6 is 0 Å². The van der Waals surface area contributed by atoms with Gasteiger partial charge in [-0.1, -0.05) is 160 Å². The van der Waals surface area contributed by atoms with E-state index in [1.165, 1.54) is 0 Å². The third-order valence-corrected chi connectivity index (χ3v) is 9.23. The molecule has 350 valence electrons.